The summed E-state index contributed by atoms with van der Waals surface area (Å²) in [4.78, 5) is 26.6. The number of benzene rings is 3. The fourth-order valence-electron chi connectivity index (χ4n) is 5.25. The number of allylic oxidation sites excluding steroid dienone is 1. The van der Waals surface area contributed by atoms with Gasteiger partial charge in [0.1, 0.15) is 5.75 Å². The van der Waals surface area contributed by atoms with Crippen LogP contribution in [0.3, 0.4) is 0 Å². The quantitative estimate of drug-likeness (QED) is 0.386. The molecule has 1 aliphatic heterocycles. The highest BCUT2D eigenvalue weighted by atomic mass is 16.3. The number of aryl methyl sites for hydroxylation is 2. The fourth-order valence-corrected chi connectivity index (χ4v) is 5.25. The van der Waals surface area contributed by atoms with Gasteiger partial charge in [-0.3, -0.25) is 9.59 Å². The number of nitrogens with one attached hydrogen (secondary N) is 2. The average molecular weight is 467 g/mol. The SMILES string of the molecule is Cc1cc(C2Nc3ccc(C(=O)c4ccccc4)cc3NC3=C2C(=O)CC(C)(C)C3)cc(C)c1O. The van der Waals surface area contributed by atoms with E-state index in [4.69, 9.17) is 0 Å². The first kappa shape index (κ1) is 22.9. The van der Waals surface area contributed by atoms with Crippen LogP contribution in [0.5, 0.6) is 5.75 Å². The topological polar surface area (TPSA) is 78.4 Å². The van der Waals surface area contributed by atoms with E-state index in [2.05, 4.69) is 24.5 Å². The summed E-state index contributed by atoms with van der Waals surface area (Å²) < 4.78 is 0. The van der Waals surface area contributed by atoms with E-state index in [0.717, 1.165) is 45.8 Å². The van der Waals surface area contributed by atoms with Gasteiger partial charge in [-0.05, 0) is 72.7 Å². The highest BCUT2D eigenvalue weighted by Gasteiger charge is 2.39. The molecule has 35 heavy (non-hydrogen) atoms. The van der Waals surface area contributed by atoms with E-state index in [1.807, 2.05) is 74.5 Å². The molecule has 3 aromatic rings. The van der Waals surface area contributed by atoms with E-state index >= 15 is 0 Å². The van der Waals surface area contributed by atoms with Crippen LogP contribution in [0.25, 0.3) is 0 Å². The molecule has 2 aliphatic rings. The second-order valence-corrected chi connectivity index (χ2v) is 10.5. The number of carbonyl (C=O) groups is 2. The predicted octanol–water partition coefficient (Wildman–Crippen LogP) is 6.46. The molecule has 0 aromatic heterocycles. The van der Waals surface area contributed by atoms with Crippen LogP contribution in [0.1, 0.15) is 65.3 Å². The lowest BCUT2D eigenvalue weighted by atomic mass is 9.73. The first-order valence-electron chi connectivity index (χ1n) is 12.0. The van der Waals surface area contributed by atoms with Crippen LogP contribution >= 0.6 is 0 Å². The van der Waals surface area contributed by atoms with Crippen molar-refractivity contribution in [3.63, 3.8) is 0 Å². The molecule has 0 saturated carbocycles. The molecule has 0 saturated heterocycles. The van der Waals surface area contributed by atoms with Crippen molar-refractivity contribution in [3.05, 3.63) is 99.8 Å². The molecule has 1 unspecified atom stereocenters. The van der Waals surface area contributed by atoms with Gasteiger partial charge in [-0.25, -0.2) is 0 Å². The first-order valence-corrected chi connectivity index (χ1v) is 12.0. The average Bonchev–Trinajstić information content (AvgIpc) is 2.97. The molecule has 0 fully saturated rings. The number of anilines is 2. The van der Waals surface area contributed by atoms with Crippen LogP contribution in [0.2, 0.25) is 0 Å². The van der Waals surface area contributed by atoms with Gasteiger partial charge in [0, 0.05) is 28.8 Å². The summed E-state index contributed by atoms with van der Waals surface area (Å²) in [5.41, 5.74) is 6.73. The summed E-state index contributed by atoms with van der Waals surface area (Å²) in [6, 6.07) is 18.3. The van der Waals surface area contributed by atoms with Crippen LogP contribution in [0.4, 0.5) is 11.4 Å². The predicted molar refractivity (Wildman–Crippen MR) is 139 cm³/mol. The highest BCUT2D eigenvalue weighted by Crippen LogP contribution is 2.46. The lowest BCUT2D eigenvalue weighted by Crippen LogP contribution is -2.31. The third kappa shape index (κ3) is 4.23. The number of hydrogen-bond donors (Lipinski definition) is 3. The van der Waals surface area contributed by atoms with Crippen molar-refractivity contribution < 1.29 is 14.7 Å². The Labute approximate surface area is 205 Å². The van der Waals surface area contributed by atoms with Crippen molar-refractivity contribution in [2.24, 2.45) is 5.41 Å². The fraction of sp³-hybridized carbons (Fsp3) is 0.267. The van der Waals surface area contributed by atoms with Gasteiger partial charge in [-0.15, -0.1) is 0 Å². The van der Waals surface area contributed by atoms with Crippen LogP contribution in [0, 0.1) is 19.3 Å². The molecule has 5 nitrogen and oxygen atoms in total. The molecule has 5 heteroatoms. The molecule has 1 atom stereocenters. The maximum Gasteiger partial charge on any atom is 0.193 e. The molecular weight excluding hydrogens is 436 g/mol. The minimum atomic E-state index is -0.365. The summed E-state index contributed by atoms with van der Waals surface area (Å²) in [7, 11) is 0. The van der Waals surface area contributed by atoms with E-state index < -0.39 is 0 Å². The normalized spacial score (nSPS) is 18.6. The molecular formula is C30H30N2O3. The van der Waals surface area contributed by atoms with Crippen molar-refractivity contribution in [1.82, 2.24) is 0 Å². The first-order chi connectivity index (χ1) is 16.6. The van der Waals surface area contributed by atoms with Crippen molar-refractivity contribution in [1.29, 1.82) is 0 Å². The number of fused-ring (bicyclic) bond motifs is 1. The molecule has 1 heterocycles. The zero-order valence-corrected chi connectivity index (χ0v) is 20.5. The minimum absolute atomic E-state index is 0.0463. The highest BCUT2D eigenvalue weighted by molar-refractivity contribution is 6.10. The summed E-state index contributed by atoms with van der Waals surface area (Å²) in [6.45, 7) is 7.96. The van der Waals surface area contributed by atoms with Gasteiger partial charge in [0.2, 0.25) is 0 Å². The van der Waals surface area contributed by atoms with Gasteiger partial charge in [0.15, 0.2) is 11.6 Å². The number of Topliss-reactive ketones (excluding diaryl/α,β-unsaturated/α-hetero) is 1. The van der Waals surface area contributed by atoms with Crippen LogP contribution in [-0.2, 0) is 4.79 Å². The number of phenolic OH excluding ortho intramolecular Hbond substituents is 1. The smallest absolute Gasteiger partial charge is 0.193 e. The van der Waals surface area contributed by atoms with Gasteiger partial charge in [0.25, 0.3) is 0 Å². The summed E-state index contributed by atoms with van der Waals surface area (Å²) in [6.07, 6.45) is 1.19. The zero-order chi connectivity index (χ0) is 24.9. The van der Waals surface area contributed by atoms with Crippen molar-refractivity contribution in [3.8, 4) is 5.75 Å². The lowest BCUT2D eigenvalue weighted by molar-refractivity contribution is -0.118. The van der Waals surface area contributed by atoms with Crippen molar-refractivity contribution in [2.45, 2.75) is 46.6 Å². The molecule has 0 amide bonds. The van der Waals surface area contributed by atoms with E-state index in [-0.39, 0.29) is 28.8 Å². The number of hydrogen-bond acceptors (Lipinski definition) is 5. The van der Waals surface area contributed by atoms with Gasteiger partial charge in [-0.2, -0.15) is 0 Å². The Morgan fingerprint density at radius 1 is 0.914 bits per heavy atom. The number of ketones is 2. The van der Waals surface area contributed by atoms with E-state index in [0.29, 0.717) is 17.5 Å². The zero-order valence-electron chi connectivity index (χ0n) is 20.5. The summed E-state index contributed by atoms with van der Waals surface area (Å²) in [5, 5.41) is 17.4. The van der Waals surface area contributed by atoms with Crippen LogP contribution < -0.4 is 10.6 Å². The van der Waals surface area contributed by atoms with E-state index in [1.165, 1.54) is 0 Å². The Hall–Kier alpha value is -3.86. The summed E-state index contributed by atoms with van der Waals surface area (Å²) in [5.74, 6) is 0.336. The largest absolute Gasteiger partial charge is 0.507 e. The molecule has 5 rings (SSSR count). The maximum absolute atomic E-state index is 13.5. The number of carbonyl (C=O) groups excluding carboxylic acids is 2. The van der Waals surface area contributed by atoms with E-state index in [9.17, 15) is 14.7 Å². The summed E-state index contributed by atoms with van der Waals surface area (Å²) >= 11 is 0. The Morgan fingerprint density at radius 2 is 1.60 bits per heavy atom. The maximum atomic E-state index is 13.5. The van der Waals surface area contributed by atoms with Gasteiger partial charge >= 0.3 is 0 Å². The van der Waals surface area contributed by atoms with Gasteiger partial charge in [-0.1, -0.05) is 44.2 Å². The Bertz CT molecular complexity index is 1360. The molecule has 0 bridgehead atoms. The second-order valence-electron chi connectivity index (χ2n) is 10.5. The van der Waals surface area contributed by atoms with Crippen LogP contribution in [-0.4, -0.2) is 16.7 Å². The standard InChI is InChI=1S/C30H30N2O3/c1-17-12-21(13-18(2)28(17)34)27-26-24(15-30(3,4)16-25(26)33)31-23-14-20(10-11-22(23)32-27)29(35)19-8-6-5-7-9-19/h5-14,27,31-32,34H,15-16H2,1-4H3. The van der Waals surface area contributed by atoms with Crippen molar-refractivity contribution >= 4 is 22.9 Å². The Kier molecular flexibility index (Phi) is 5.51. The number of aromatic hydroxyl groups is 1. The Morgan fingerprint density at radius 3 is 2.29 bits per heavy atom. The second kappa shape index (κ2) is 8.42. The third-order valence-electron chi connectivity index (χ3n) is 6.96. The van der Waals surface area contributed by atoms with Crippen molar-refractivity contribution in [2.75, 3.05) is 10.6 Å². The van der Waals surface area contributed by atoms with Crippen LogP contribution in [0.15, 0.2) is 71.9 Å². The molecule has 0 radical (unpaired) electrons. The lowest BCUT2D eigenvalue weighted by Gasteiger charge is -2.34. The molecule has 3 N–H and O–H groups in total. The van der Waals surface area contributed by atoms with Gasteiger partial charge in [0.05, 0.1) is 17.4 Å². The third-order valence-corrected chi connectivity index (χ3v) is 6.96. The molecule has 178 valence electrons. The molecule has 0 spiro atoms. The number of rotatable bonds is 3. The Balaban J connectivity index is 1.63. The number of phenols is 1. The molecule has 1 aliphatic carbocycles. The molecule has 3 aromatic carbocycles. The monoisotopic (exact) mass is 466 g/mol. The van der Waals surface area contributed by atoms with Gasteiger partial charge < -0.3 is 15.7 Å². The minimum Gasteiger partial charge on any atom is -0.507 e. The van der Waals surface area contributed by atoms with E-state index in [1.54, 1.807) is 0 Å².